The van der Waals surface area contributed by atoms with E-state index in [0.717, 1.165) is 17.5 Å². The van der Waals surface area contributed by atoms with E-state index in [-0.39, 0.29) is 18.4 Å². The highest BCUT2D eigenvalue weighted by Gasteiger charge is 2.34. The smallest absolute Gasteiger partial charge is 0.261 e. The lowest BCUT2D eigenvalue weighted by atomic mass is 10.1. The minimum absolute atomic E-state index is 0.175. The maximum absolute atomic E-state index is 12.7. The summed E-state index contributed by atoms with van der Waals surface area (Å²) in [6.45, 7) is 0.351. The van der Waals surface area contributed by atoms with Crippen LogP contribution < -0.4 is 10.1 Å². The Hall–Kier alpha value is -2.90. The predicted molar refractivity (Wildman–Crippen MR) is 118 cm³/mol. The first-order valence-electron chi connectivity index (χ1n) is 9.59. The highest BCUT2D eigenvalue weighted by molar-refractivity contribution is 7.13. The van der Waals surface area contributed by atoms with Crippen LogP contribution in [0.1, 0.15) is 12.8 Å². The number of carbonyl (C=O) groups excluding carboxylic acids is 2. The summed E-state index contributed by atoms with van der Waals surface area (Å²) in [6.07, 6.45) is 3.02. The van der Waals surface area contributed by atoms with Crippen LogP contribution in [0.3, 0.4) is 0 Å². The van der Waals surface area contributed by atoms with Crippen molar-refractivity contribution in [2.75, 3.05) is 18.5 Å². The number of carbonyl (C=O) groups is 2. The summed E-state index contributed by atoms with van der Waals surface area (Å²) in [6, 6.07) is 14.8. The standard InChI is InChI=1S/C22H20ClN3O3S/c23-17-13-16(15-5-2-1-3-6-15)8-9-19(17)29-14-20(27)26-11-4-7-18(26)21(28)25-22-24-10-12-30-22/h1-3,5-6,8-10,12-13,18H,4,7,11,14H2,(H,24,25,28). The molecule has 2 amide bonds. The van der Waals surface area contributed by atoms with Crippen molar-refractivity contribution in [3.05, 3.63) is 65.1 Å². The van der Waals surface area contributed by atoms with Crippen LogP contribution in [0.5, 0.6) is 5.75 Å². The number of benzene rings is 2. The van der Waals surface area contributed by atoms with Crippen LogP contribution in [0.25, 0.3) is 11.1 Å². The molecule has 30 heavy (non-hydrogen) atoms. The molecule has 1 N–H and O–H groups in total. The van der Waals surface area contributed by atoms with Crippen LogP contribution in [-0.4, -0.2) is 40.9 Å². The highest BCUT2D eigenvalue weighted by Crippen LogP contribution is 2.30. The van der Waals surface area contributed by atoms with E-state index >= 15 is 0 Å². The van der Waals surface area contributed by atoms with Crippen molar-refractivity contribution in [3.63, 3.8) is 0 Å². The summed E-state index contributed by atoms with van der Waals surface area (Å²) >= 11 is 7.70. The number of rotatable bonds is 6. The normalized spacial score (nSPS) is 15.8. The number of anilines is 1. The van der Waals surface area contributed by atoms with Crippen molar-refractivity contribution < 1.29 is 14.3 Å². The maximum atomic E-state index is 12.7. The molecule has 1 aliphatic rings. The van der Waals surface area contributed by atoms with Gasteiger partial charge in [-0.25, -0.2) is 4.98 Å². The fourth-order valence-electron chi connectivity index (χ4n) is 3.46. The van der Waals surface area contributed by atoms with Crippen molar-refractivity contribution >= 4 is 39.9 Å². The molecule has 3 aromatic rings. The van der Waals surface area contributed by atoms with E-state index in [1.807, 2.05) is 42.5 Å². The zero-order valence-electron chi connectivity index (χ0n) is 16.1. The molecular formula is C22H20ClN3O3S. The number of hydrogen-bond acceptors (Lipinski definition) is 5. The van der Waals surface area contributed by atoms with Gasteiger partial charge in [0.25, 0.3) is 5.91 Å². The third kappa shape index (κ3) is 4.63. The van der Waals surface area contributed by atoms with Crippen LogP contribution in [0.2, 0.25) is 5.02 Å². The molecule has 0 bridgehead atoms. The van der Waals surface area contributed by atoms with Crippen LogP contribution in [-0.2, 0) is 9.59 Å². The van der Waals surface area contributed by atoms with E-state index in [1.54, 1.807) is 22.5 Å². The second-order valence-corrected chi connectivity index (χ2v) is 8.17. The molecule has 2 aromatic carbocycles. The molecule has 0 spiro atoms. The van der Waals surface area contributed by atoms with Crippen LogP contribution in [0.4, 0.5) is 5.13 Å². The Morgan fingerprint density at radius 3 is 2.77 bits per heavy atom. The second-order valence-electron chi connectivity index (χ2n) is 6.87. The van der Waals surface area contributed by atoms with Gasteiger partial charge >= 0.3 is 0 Å². The number of halogens is 1. The van der Waals surface area contributed by atoms with E-state index in [2.05, 4.69) is 10.3 Å². The van der Waals surface area contributed by atoms with Crippen molar-refractivity contribution in [2.45, 2.75) is 18.9 Å². The minimum Gasteiger partial charge on any atom is -0.482 e. The zero-order chi connectivity index (χ0) is 20.9. The number of hydrogen-bond donors (Lipinski definition) is 1. The molecule has 8 heteroatoms. The van der Waals surface area contributed by atoms with Crippen LogP contribution >= 0.6 is 22.9 Å². The fourth-order valence-corrected chi connectivity index (χ4v) is 4.23. The van der Waals surface area contributed by atoms with Crippen molar-refractivity contribution in [3.8, 4) is 16.9 Å². The largest absolute Gasteiger partial charge is 0.482 e. The van der Waals surface area contributed by atoms with E-state index in [1.165, 1.54) is 11.3 Å². The molecule has 1 saturated heterocycles. The van der Waals surface area contributed by atoms with Crippen LogP contribution in [0.15, 0.2) is 60.1 Å². The summed E-state index contributed by atoms with van der Waals surface area (Å²) < 4.78 is 5.67. The molecule has 2 heterocycles. The molecule has 1 aliphatic heterocycles. The predicted octanol–water partition coefficient (Wildman–Crippen LogP) is 4.47. The number of aromatic nitrogens is 1. The number of likely N-dealkylation sites (tertiary alicyclic amines) is 1. The van der Waals surface area contributed by atoms with E-state index in [4.69, 9.17) is 16.3 Å². The Morgan fingerprint density at radius 1 is 1.20 bits per heavy atom. The summed E-state index contributed by atoms with van der Waals surface area (Å²) in [5, 5.41) is 5.51. The van der Waals surface area contributed by atoms with Crippen molar-refractivity contribution in [1.82, 2.24) is 9.88 Å². The monoisotopic (exact) mass is 441 g/mol. The fraction of sp³-hybridized carbons (Fsp3) is 0.227. The summed E-state index contributed by atoms with van der Waals surface area (Å²) in [7, 11) is 0. The van der Waals surface area contributed by atoms with E-state index in [0.29, 0.717) is 28.9 Å². The number of ether oxygens (including phenoxy) is 1. The first kappa shape index (κ1) is 20.4. The summed E-state index contributed by atoms with van der Waals surface area (Å²) in [5.41, 5.74) is 2.02. The van der Waals surface area contributed by atoms with Gasteiger partial charge in [0.1, 0.15) is 11.8 Å². The van der Waals surface area contributed by atoms with Gasteiger partial charge in [-0.2, -0.15) is 0 Å². The molecular weight excluding hydrogens is 422 g/mol. The quantitative estimate of drug-likeness (QED) is 0.612. The number of amides is 2. The first-order valence-corrected chi connectivity index (χ1v) is 10.8. The highest BCUT2D eigenvalue weighted by atomic mass is 35.5. The average Bonchev–Trinajstić information content (AvgIpc) is 3.45. The van der Waals surface area contributed by atoms with Gasteiger partial charge in [0, 0.05) is 18.1 Å². The molecule has 0 aliphatic carbocycles. The van der Waals surface area contributed by atoms with Crippen molar-refractivity contribution in [1.29, 1.82) is 0 Å². The lowest BCUT2D eigenvalue weighted by Gasteiger charge is -2.23. The maximum Gasteiger partial charge on any atom is 0.261 e. The molecule has 0 saturated carbocycles. The molecule has 6 nitrogen and oxygen atoms in total. The van der Waals surface area contributed by atoms with Gasteiger partial charge in [-0.1, -0.05) is 48.0 Å². The molecule has 1 unspecified atom stereocenters. The van der Waals surface area contributed by atoms with Gasteiger partial charge in [-0.15, -0.1) is 11.3 Å². The Morgan fingerprint density at radius 2 is 2.03 bits per heavy atom. The minimum atomic E-state index is -0.513. The lowest BCUT2D eigenvalue weighted by Crippen LogP contribution is -2.45. The molecule has 1 atom stereocenters. The Labute approximate surface area is 183 Å². The molecule has 4 rings (SSSR count). The number of nitrogens with zero attached hydrogens (tertiary/aromatic N) is 2. The third-order valence-corrected chi connectivity index (χ3v) is 5.91. The SMILES string of the molecule is O=C(Nc1nccs1)C1CCCN1C(=O)COc1ccc(-c2ccccc2)cc1Cl. The topological polar surface area (TPSA) is 71.5 Å². The van der Waals surface area contributed by atoms with E-state index in [9.17, 15) is 9.59 Å². The van der Waals surface area contributed by atoms with E-state index < -0.39 is 6.04 Å². The van der Waals surface area contributed by atoms with Gasteiger partial charge in [-0.05, 0) is 36.1 Å². The van der Waals surface area contributed by atoms with Gasteiger partial charge in [-0.3, -0.25) is 9.59 Å². The Balaban J connectivity index is 1.37. The molecule has 1 aromatic heterocycles. The molecule has 0 radical (unpaired) electrons. The summed E-state index contributed by atoms with van der Waals surface area (Å²) in [5.74, 6) is -0.0243. The average molecular weight is 442 g/mol. The zero-order valence-corrected chi connectivity index (χ0v) is 17.7. The van der Waals surface area contributed by atoms with Gasteiger partial charge in [0.15, 0.2) is 11.7 Å². The first-order chi connectivity index (χ1) is 14.6. The Bertz CT molecular complexity index is 1030. The van der Waals surface area contributed by atoms with Gasteiger partial charge in [0.2, 0.25) is 5.91 Å². The lowest BCUT2D eigenvalue weighted by molar-refractivity contribution is -0.138. The Kier molecular flexibility index (Phi) is 6.30. The molecule has 154 valence electrons. The van der Waals surface area contributed by atoms with Crippen LogP contribution in [0, 0.1) is 0 Å². The number of thiazole rings is 1. The summed E-state index contributed by atoms with van der Waals surface area (Å²) in [4.78, 5) is 30.8. The third-order valence-electron chi connectivity index (χ3n) is 4.93. The van der Waals surface area contributed by atoms with Gasteiger partial charge < -0.3 is 15.0 Å². The number of nitrogens with one attached hydrogen (secondary N) is 1. The van der Waals surface area contributed by atoms with Crippen molar-refractivity contribution in [2.24, 2.45) is 0 Å². The van der Waals surface area contributed by atoms with Gasteiger partial charge in [0.05, 0.1) is 5.02 Å². The molecule has 1 fully saturated rings. The second kappa shape index (κ2) is 9.28.